The number of nitrogens with zero attached hydrogens (tertiary/aromatic N) is 1. The number of hydrogen-bond acceptors (Lipinski definition) is 5. The van der Waals surface area contributed by atoms with E-state index in [0.717, 1.165) is 32.1 Å². The van der Waals surface area contributed by atoms with Gasteiger partial charge in [0.25, 0.3) is 11.8 Å². The normalized spacial score (nSPS) is 11.2. The molecule has 49 heavy (non-hydrogen) atoms. The van der Waals surface area contributed by atoms with Crippen molar-refractivity contribution in [1.82, 2.24) is 15.3 Å². The molecule has 0 aliphatic heterocycles. The van der Waals surface area contributed by atoms with Crippen LogP contribution in [-0.4, -0.2) is 33.5 Å². The Morgan fingerprint density at radius 2 is 0.837 bits per heavy atom. The van der Waals surface area contributed by atoms with E-state index in [1.54, 1.807) is 0 Å². The van der Waals surface area contributed by atoms with Crippen LogP contribution in [0.1, 0.15) is 251 Å². The first-order valence-electron chi connectivity index (χ1n) is 20.7. The number of imidazole rings is 1. The van der Waals surface area contributed by atoms with Gasteiger partial charge in [0.15, 0.2) is 11.6 Å². The smallest absolute Gasteiger partial charge is 0.293 e. The van der Waals surface area contributed by atoms with Gasteiger partial charge in [0.1, 0.15) is 11.4 Å². The summed E-state index contributed by atoms with van der Waals surface area (Å²) < 4.78 is 0. The first-order chi connectivity index (χ1) is 23.9. The van der Waals surface area contributed by atoms with E-state index in [2.05, 4.69) is 29.1 Å². The number of Topliss-reactive ketones (excluding diaryl/α,β-unsaturated/α-hetero) is 1. The Balaban J connectivity index is 2.16. The third kappa shape index (κ3) is 24.3. The zero-order chi connectivity index (χ0) is 35.8. The van der Waals surface area contributed by atoms with Gasteiger partial charge in [-0.1, -0.05) is 194 Å². The maximum atomic E-state index is 12.8. The summed E-state index contributed by atoms with van der Waals surface area (Å²) in [7, 11) is 0. The second kappa shape index (κ2) is 31.5. The van der Waals surface area contributed by atoms with Crippen molar-refractivity contribution in [2.45, 2.75) is 219 Å². The van der Waals surface area contributed by atoms with E-state index < -0.39 is 11.8 Å². The van der Waals surface area contributed by atoms with Crippen LogP contribution in [0, 0.1) is 0 Å². The van der Waals surface area contributed by atoms with E-state index in [1.807, 2.05) is 0 Å². The molecular formula is C41H74N4O4. The fraction of sp³-hybridized carbons (Fsp3) is 0.829. The Labute approximate surface area is 299 Å². The van der Waals surface area contributed by atoms with E-state index in [4.69, 9.17) is 5.73 Å². The summed E-state index contributed by atoms with van der Waals surface area (Å²) in [4.78, 5) is 56.5. The van der Waals surface area contributed by atoms with Crippen LogP contribution in [0.15, 0.2) is 0 Å². The van der Waals surface area contributed by atoms with Crippen molar-refractivity contribution >= 4 is 23.5 Å². The minimum absolute atomic E-state index is 0.113. The van der Waals surface area contributed by atoms with Crippen LogP contribution in [0.4, 0.5) is 0 Å². The number of carbonyl (C=O) groups is 4. The lowest BCUT2D eigenvalue weighted by atomic mass is 10.0. The van der Waals surface area contributed by atoms with Crippen molar-refractivity contribution in [3.63, 3.8) is 0 Å². The Hall–Kier alpha value is -2.51. The Kier molecular flexibility index (Phi) is 28.6. The monoisotopic (exact) mass is 687 g/mol. The molecule has 0 aliphatic carbocycles. The van der Waals surface area contributed by atoms with Gasteiger partial charge in [0, 0.05) is 12.8 Å². The maximum Gasteiger partial charge on any atom is 0.293 e. The first kappa shape index (κ1) is 44.5. The average Bonchev–Trinajstić information content (AvgIpc) is 3.55. The van der Waals surface area contributed by atoms with Crippen LogP contribution in [0.3, 0.4) is 0 Å². The summed E-state index contributed by atoms with van der Waals surface area (Å²) in [6, 6.07) is 0. The number of rotatable bonds is 35. The maximum absolute atomic E-state index is 12.8. The minimum atomic E-state index is -0.851. The highest BCUT2D eigenvalue weighted by Crippen LogP contribution is 2.17. The van der Waals surface area contributed by atoms with Gasteiger partial charge in [0.2, 0.25) is 5.91 Å². The van der Waals surface area contributed by atoms with Crippen molar-refractivity contribution in [2.75, 3.05) is 0 Å². The molecular weight excluding hydrogens is 612 g/mol. The number of nitrogens with two attached hydrogens (primary N) is 1. The van der Waals surface area contributed by atoms with E-state index in [9.17, 15) is 19.2 Å². The fourth-order valence-electron chi connectivity index (χ4n) is 6.54. The molecule has 1 heterocycles. The van der Waals surface area contributed by atoms with Crippen molar-refractivity contribution in [3.05, 3.63) is 17.2 Å². The number of aromatic nitrogens is 2. The molecule has 0 radical (unpaired) electrons. The van der Waals surface area contributed by atoms with Crippen molar-refractivity contribution in [1.29, 1.82) is 0 Å². The summed E-state index contributed by atoms with van der Waals surface area (Å²) in [5, 5.41) is 2.33. The quantitative estimate of drug-likeness (QED) is 0.0482. The molecule has 282 valence electrons. The number of hydrogen-bond donors (Lipinski definition) is 3. The third-order valence-electron chi connectivity index (χ3n) is 9.70. The molecule has 8 heteroatoms. The highest BCUT2D eigenvalue weighted by atomic mass is 16.2. The Bertz CT molecular complexity index is 1010. The summed E-state index contributed by atoms with van der Waals surface area (Å²) >= 11 is 0. The number of H-pyrrole nitrogens is 1. The fourth-order valence-corrected chi connectivity index (χ4v) is 6.54. The molecule has 3 amide bonds. The number of primary amides is 1. The van der Waals surface area contributed by atoms with Gasteiger partial charge in [-0.15, -0.1) is 0 Å². The van der Waals surface area contributed by atoms with Crippen molar-refractivity contribution < 1.29 is 19.2 Å². The van der Waals surface area contributed by atoms with Crippen molar-refractivity contribution in [3.8, 4) is 0 Å². The number of carbonyl (C=O) groups excluding carboxylic acids is 4. The molecule has 0 fully saturated rings. The lowest BCUT2D eigenvalue weighted by Gasteiger charge is -2.04. The number of imide groups is 1. The van der Waals surface area contributed by atoms with Crippen LogP contribution < -0.4 is 11.1 Å². The van der Waals surface area contributed by atoms with E-state index >= 15 is 0 Å². The minimum Gasteiger partial charge on any atom is -0.364 e. The van der Waals surface area contributed by atoms with Crippen LogP contribution in [0.2, 0.25) is 0 Å². The molecule has 0 spiro atoms. The van der Waals surface area contributed by atoms with E-state index in [0.29, 0.717) is 12.8 Å². The number of ketones is 1. The molecule has 0 aromatic carbocycles. The standard InChI is InChI=1S/C41H74N4O4/c1-3-5-7-9-11-13-15-17-19-21-23-25-27-29-31-33-35(46)37-38(39(42)48)45-40(44-37)41(49)43-36(47)34-32-30-28-26-24-22-20-18-16-14-12-10-8-6-4-2/h3-34H2,1-2H3,(H2,42,48)(H,44,45)(H,43,47,49). The molecule has 1 aromatic heterocycles. The second-order valence-corrected chi connectivity index (χ2v) is 14.4. The summed E-state index contributed by atoms with van der Waals surface area (Å²) in [5.41, 5.74) is 5.17. The second-order valence-electron chi connectivity index (χ2n) is 14.4. The van der Waals surface area contributed by atoms with Crippen LogP contribution in [-0.2, 0) is 4.79 Å². The molecule has 8 nitrogen and oxygen atoms in total. The lowest BCUT2D eigenvalue weighted by molar-refractivity contribution is -0.120. The van der Waals surface area contributed by atoms with Crippen molar-refractivity contribution in [2.24, 2.45) is 5.73 Å². The summed E-state index contributed by atoms with van der Waals surface area (Å²) in [6.07, 6.45) is 37.7. The molecule has 0 bridgehead atoms. The summed E-state index contributed by atoms with van der Waals surface area (Å²) in [5.74, 6) is -2.54. The van der Waals surface area contributed by atoms with Crippen LogP contribution in [0.25, 0.3) is 0 Å². The first-order valence-corrected chi connectivity index (χ1v) is 20.7. The molecule has 4 N–H and O–H groups in total. The van der Waals surface area contributed by atoms with Crippen LogP contribution in [0.5, 0.6) is 0 Å². The van der Waals surface area contributed by atoms with Crippen LogP contribution >= 0.6 is 0 Å². The molecule has 1 rings (SSSR count). The highest BCUT2D eigenvalue weighted by Gasteiger charge is 2.24. The average molecular weight is 687 g/mol. The molecule has 0 unspecified atom stereocenters. The molecule has 0 saturated carbocycles. The molecule has 0 aliphatic rings. The lowest BCUT2D eigenvalue weighted by Crippen LogP contribution is -2.31. The topological polar surface area (TPSA) is 135 Å². The van der Waals surface area contributed by atoms with Gasteiger partial charge in [0.05, 0.1) is 0 Å². The third-order valence-corrected chi connectivity index (χ3v) is 9.70. The Morgan fingerprint density at radius 3 is 1.18 bits per heavy atom. The predicted octanol–water partition coefficient (Wildman–Crippen LogP) is 11.5. The largest absolute Gasteiger partial charge is 0.364 e. The van der Waals surface area contributed by atoms with E-state index in [-0.39, 0.29) is 41.7 Å². The molecule has 0 atom stereocenters. The van der Waals surface area contributed by atoms with E-state index in [1.165, 1.54) is 148 Å². The highest BCUT2D eigenvalue weighted by molar-refractivity contribution is 6.08. The molecule has 1 aromatic rings. The zero-order valence-electron chi connectivity index (χ0n) is 31.8. The van der Waals surface area contributed by atoms with Gasteiger partial charge in [-0.05, 0) is 12.8 Å². The SMILES string of the molecule is CCCCCCCCCCCCCCCCCC(=O)NC(=O)c1nc(C(=O)CCCCCCCCCCCCCCCCC)c(C(N)=O)[nH]1. The number of amides is 3. The van der Waals surface area contributed by atoms with Gasteiger partial charge in [-0.3, -0.25) is 24.5 Å². The number of aromatic amines is 1. The van der Waals surface area contributed by atoms with Gasteiger partial charge in [-0.25, -0.2) is 4.98 Å². The Morgan fingerprint density at radius 1 is 0.510 bits per heavy atom. The summed E-state index contributed by atoms with van der Waals surface area (Å²) in [6.45, 7) is 4.52. The number of unbranched alkanes of at least 4 members (excludes halogenated alkanes) is 28. The van der Waals surface area contributed by atoms with Gasteiger partial charge in [-0.2, -0.15) is 0 Å². The van der Waals surface area contributed by atoms with Gasteiger partial charge >= 0.3 is 0 Å². The zero-order valence-corrected chi connectivity index (χ0v) is 31.8. The number of nitrogens with one attached hydrogen (secondary N) is 2. The molecule has 0 saturated heterocycles. The predicted molar refractivity (Wildman–Crippen MR) is 203 cm³/mol. The van der Waals surface area contributed by atoms with Gasteiger partial charge < -0.3 is 10.7 Å².